The summed E-state index contributed by atoms with van der Waals surface area (Å²) in [5, 5.41) is 5.69. The van der Waals surface area contributed by atoms with Gasteiger partial charge in [-0.05, 0) is 36.8 Å². The number of aromatic nitrogens is 1. The zero-order chi connectivity index (χ0) is 11.1. The lowest BCUT2D eigenvalue weighted by Gasteiger charge is -1.98. The normalized spacial score (nSPS) is 15.3. The molecule has 4 heteroatoms. The van der Waals surface area contributed by atoms with Gasteiger partial charge >= 0.3 is 0 Å². The molecule has 0 unspecified atom stereocenters. The van der Waals surface area contributed by atoms with Crippen molar-refractivity contribution >= 4 is 17.1 Å². The van der Waals surface area contributed by atoms with Crippen molar-refractivity contribution in [1.82, 2.24) is 5.16 Å². The molecule has 0 atom stereocenters. The molecule has 0 radical (unpaired) electrons. The fourth-order valence-corrected chi connectivity index (χ4v) is 2.67. The Morgan fingerprint density at radius 1 is 1.56 bits per heavy atom. The molecule has 1 saturated carbocycles. The van der Waals surface area contributed by atoms with Crippen LogP contribution in [0.15, 0.2) is 22.2 Å². The fraction of sp³-hybridized carbons (Fsp3) is 0.333. The lowest BCUT2D eigenvalue weighted by Crippen LogP contribution is -2.01. The van der Waals surface area contributed by atoms with Gasteiger partial charge in [0.25, 0.3) is 0 Å². The molecule has 1 aliphatic carbocycles. The zero-order valence-electron chi connectivity index (χ0n) is 8.90. The predicted octanol–water partition coefficient (Wildman–Crippen LogP) is 3.15. The van der Waals surface area contributed by atoms with E-state index in [1.165, 1.54) is 11.3 Å². The smallest absolute Gasteiger partial charge is 0.208 e. The Bertz CT molecular complexity index is 537. The molecule has 16 heavy (non-hydrogen) atoms. The van der Waals surface area contributed by atoms with Crippen LogP contribution in [0.1, 0.15) is 45.3 Å². The number of carbonyl (C=O) groups excluding carboxylic acids is 1. The summed E-state index contributed by atoms with van der Waals surface area (Å²) in [6, 6.07) is 1.96. The van der Waals surface area contributed by atoms with Gasteiger partial charge < -0.3 is 4.52 Å². The summed E-state index contributed by atoms with van der Waals surface area (Å²) < 4.78 is 5.18. The van der Waals surface area contributed by atoms with Crippen LogP contribution in [0.25, 0.3) is 0 Å². The van der Waals surface area contributed by atoms with E-state index >= 15 is 0 Å². The number of ketones is 1. The van der Waals surface area contributed by atoms with E-state index < -0.39 is 0 Å². The number of thiophene rings is 1. The first kappa shape index (κ1) is 9.78. The van der Waals surface area contributed by atoms with E-state index in [9.17, 15) is 4.79 Å². The molecule has 2 heterocycles. The van der Waals surface area contributed by atoms with Crippen LogP contribution >= 0.6 is 11.3 Å². The largest absolute Gasteiger partial charge is 0.360 e. The Kier molecular flexibility index (Phi) is 2.17. The molecule has 2 aromatic rings. The van der Waals surface area contributed by atoms with Gasteiger partial charge in [-0.15, -0.1) is 11.3 Å². The number of carbonyl (C=O) groups is 1. The molecule has 2 aromatic heterocycles. The van der Waals surface area contributed by atoms with E-state index in [0.29, 0.717) is 11.5 Å². The second-order valence-electron chi connectivity index (χ2n) is 4.14. The highest BCUT2D eigenvalue weighted by Gasteiger charge is 2.33. The molecule has 0 saturated heterocycles. The highest BCUT2D eigenvalue weighted by atomic mass is 32.1. The van der Waals surface area contributed by atoms with Gasteiger partial charge in [-0.1, -0.05) is 5.16 Å². The third-order valence-corrected chi connectivity index (χ3v) is 3.87. The van der Waals surface area contributed by atoms with Gasteiger partial charge in [-0.25, -0.2) is 0 Å². The average molecular weight is 233 g/mol. The van der Waals surface area contributed by atoms with Crippen LogP contribution in [0.4, 0.5) is 0 Å². The lowest BCUT2D eigenvalue weighted by molar-refractivity contribution is 0.104. The summed E-state index contributed by atoms with van der Waals surface area (Å²) in [5.41, 5.74) is 1.67. The predicted molar refractivity (Wildman–Crippen MR) is 61.0 cm³/mol. The van der Waals surface area contributed by atoms with Gasteiger partial charge in [0.1, 0.15) is 0 Å². The molecule has 0 N–H and O–H groups in total. The molecule has 0 amide bonds. The van der Waals surface area contributed by atoms with Crippen LogP contribution in [-0.4, -0.2) is 10.9 Å². The van der Waals surface area contributed by atoms with Gasteiger partial charge in [0.2, 0.25) is 5.78 Å². The highest BCUT2D eigenvalue weighted by molar-refractivity contribution is 7.12. The summed E-state index contributed by atoms with van der Waals surface area (Å²) in [6.45, 7) is 1.95. The minimum atomic E-state index is 0.0515. The molecule has 0 bridgehead atoms. The van der Waals surface area contributed by atoms with E-state index in [4.69, 9.17) is 4.52 Å². The average Bonchev–Trinajstić information content (AvgIpc) is 2.85. The summed E-state index contributed by atoms with van der Waals surface area (Å²) in [6.07, 6.45) is 3.77. The number of hydrogen-bond acceptors (Lipinski definition) is 4. The second-order valence-corrected chi connectivity index (χ2v) is 5.06. The number of hydrogen-bond donors (Lipinski definition) is 0. The molecule has 3 rings (SSSR count). The van der Waals surface area contributed by atoms with Crippen molar-refractivity contribution < 1.29 is 9.32 Å². The second kappa shape index (κ2) is 3.56. The quantitative estimate of drug-likeness (QED) is 0.765. The Morgan fingerprint density at radius 3 is 3.00 bits per heavy atom. The third-order valence-electron chi connectivity index (χ3n) is 2.86. The van der Waals surface area contributed by atoms with Gasteiger partial charge in [0.15, 0.2) is 5.76 Å². The number of rotatable bonds is 3. The van der Waals surface area contributed by atoms with E-state index in [0.717, 1.165) is 29.0 Å². The molecular weight excluding hydrogens is 222 g/mol. The van der Waals surface area contributed by atoms with Crippen LogP contribution in [0.3, 0.4) is 0 Å². The van der Waals surface area contributed by atoms with Gasteiger partial charge in [-0.2, -0.15) is 0 Å². The minimum absolute atomic E-state index is 0.0515. The first-order valence-electron chi connectivity index (χ1n) is 5.30. The third kappa shape index (κ3) is 1.50. The zero-order valence-corrected chi connectivity index (χ0v) is 9.71. The molecular formula is C12H11NO2S. The van der Waals surface area contributed by atoms with Crippen LogP contribution in [0.2, 0.25) is 0 Å². The van der Waals surface area contributed by atoms with Crippen molar-refractivity contribution in [3.05, 3.63) is 39.4 Å². The van der Waals surface area contributed by atoms with Crippen molar-refractivity contribution in [3.63, 3.8) is 0 Å². The Labute approximate surface area is 97.1 Å². The molecule has 0 spiro atoms. The minimum Gasteiger partial charge on any atom is -0.360 e. The Hall–Kier alpha value is -1.42. The first-order valence-corrected chi connectivity index (χ1v) is 6.18. The van der Waals surface area contributed by atoms with E-state index in [2.05, 4.69) is 5.16 Å². The Balaban J connectivity index is 2.00. The van der Waals surface area contributed by atoms with Crippen LogP contribution in [-0.2, 0) is 0 Å². The van der Waals surface area contributed by atoms with Crippen molar-refractivity contribution in [3.8, 4) is 0 Å². The molecule has 1 fully saturated rings. The molecule has 82 valence electrons. The van der Waals surface area contributed by atoms with Crippen LogP contribution in [0, 0.1) is 6.92 Å². The Morgan fingerprint density at radius 2 is 2.38 bits per heavy atom. The number of nitrogens with zero attached hydrogens (tertiary/aromatic N) is 1. The maximum atomic E-state index is 12.3. The van der Waals surface area contributed by atoms with E-state index in [1.54, 1.807) is 6.20 Å². The highest BCUT2D eigenvalue weighted by Crippen LogP contribution is 2.42. The molecule has 1 aliphatic rings. The number of aryl methyl sites for hydroxylation is 1. The van der Waals surface area contributed by atoms with Crippen LogP contribution < -0.4 is 0 Å². The lowest BCUT2D eigenvalue weighted by atomic mass is 10.1. The molecule has 3 nitrogen and oxygen atoms in total. The summed E-state index contributed by atoms with van der Waals surface area (Å²) in [4.78, 5) is 13.0. The summed E-state index contributed by atoms with van der Waals surface area (Å²) in [7, 11) is 0. The maximum absolute atomic E-state index is 12.3. The first-order chi connectivity index (χ1) is 7.77. The van der Waals surface area contributed by atoms with Crippen LogP contribution in [0.5, 0.6) is 0 Å². The summed E-state index contributed by atoms with van der Waals surface area (Å²) >= 11 is 1.48. The SMILES string of the molecule is Cc1ccsc1C(=O)c1cnoc1C1CC1. The van der Waals surface area contributed by atoms with E-state index in [-0.39, 0.29) is 5.78 Å². The van der Waals surface area contributed by atoms with Gasteiger partial charge in [-0.3, -0.25) is 4.79 Å². The van der Waals surface area contributed by atoms with Gasteiger partial charge in [0, 0.05) is 5.92 Å². The molecule has 0 aromatic carbocycles. The van der Waals surface area contributed by atoms with Crippen molar-refractivity contribution in [1.29, 1.82) is 0 Å². The standard InChI is InChI=1S/C12H11NO2S/c1-7-4-5-16-12(7)10(14)9-6-13-15-11(9)8-2-3-8/h4-6,8H,2-3H2,1H3. The van der Waals surface area contributed by atoms with Crippen molar-refractivity contribution in [2.75, 3.05) is 0 Å². The topological polar surface area (TPSA) is 43.1 Å². The van der Waals surface area contributed by atoms with Crippen molar-refractivity contribution in [2.24, 2.45) is 0 Å². The fourth-order valence-electron chi connectivity index (χ4n) is 1.79. The maximum Gasteiger partial charge on any atom is 0.208 e. The van der Waals surface area contributed by atoms with E-state index in [1.807, 2.05) is 18.4 Å². The van der Waals surface area contributed by atoms with Gasteiger partial charge in [0.05, 0.1) is 16.6 Å². The monoisotopic (exact) mass is 233 g/mol. The summed E-state index contributed by atoms with van der Waals surface area (Å²) in [5.74, 6) is 1.25. The molecule has 0 aliphatic heterocycles. The van der Waals surface area contributed by atoms with Crippen molar-refractivity contribution in [2.45, 2.75) is 25.7 Å².